The van der Waals surface area contributed by atoms with Crippen molar-refractivity contribution in [3.8, 4) is 11.6 Å². The second-order valence-corrected chi connectivity index (χ2v) is 5.11. The highest BCUT2D eigenvalue weighted by Crippen LogP contribution is 2.25. The van der Waals surface area contributed by atoms with Crippen LogP contribution in [0.2, 0.25) is 0 Å². The Balaban J connectivity index is 2.21. The Morgan fingerprint density at radius 2 is 1.90 bits per heavy atom. The normalized spacial score (nSPS) is 10.6. The van der Waals surface area contributed by atoms with E-state index < -0.39 is 0 Å². The summed E-state index contributed by atoms with van der Waals surface area (Å²) in [5, 5.41) is 3.32. The molecule has 0 aliphatic rings. The van der Waals surface area contributed by atoms with Crippen LogP contribution < -0.4 is 10.1 Å². The molecule has 0 aliphatic heterocycles. The standard InChI is InChI=1S/C17H22N2O/c1-5-18-11-15-9-14(4)19-17(10-15)20-16-7-6-12(2)8-13(16)3/h6-10,18H,5,11H2,1-4H3. The van der Waals surface area contributed by atoms with E-state index in [-0.39, 0.29) is 0 Å². The number of ether oxygens (including phenoxy) is 1. The highest BCUT2D eigenvalue weighted by Gasteiger charge is 2.05. The lowest BCUT2D eigenvalue weighted by Gasteiger charge is -2.11. The van der Waals surface area contributed by atoms with Gasteiger partial charge in [-0.3, -0.25) is 0 Å². The van der Waals surface area contributed by atoms with E-state index >= 15 is 0 Å². The molecule has 2 aromatic rings. The molecule has 3 heteroatoms. The van der Waals surface area contributed by atoms with E-state index in [2.05, 4.69) is 49.3 Å². The Morgan fingerprint density at radius 1 is 1.10 bits per heavy atom. The minimum absolute atomic E-state index is 0.657. The summed E-state index contributed by atoms with van der Waals surface area (Å²) in [5.41, 5.74) is 4.53. The maximum Gasteiger partial charge on any atom is 0.219 e. The van der Waals surface area contributed by atoms with Gasteiger partial charge in [0.2, 0.25) is 5.88 Å². The van der Waals surface area contributed by atoms with E-state index in [1.165, 1.54) is 11.1 Å². The molecule has 1 N–H and O–H groups in total. The van der Waals surface area contributed by atoms with E-state index in [1.54, 1.807) is 0 Å². The van der Waals surface area contributed by atoms with Gasteiger partial charge in [-0.25, -0.2) is 4.98 Å². The first-order valence-corrected chi connectivity index (χ1v) is 7.02. The molecule has 0 amide bonds. The molecule has 1 aromatic carbocycles. The van der Waals surface area contributed by atoms with Crippen LogP contribution in [0.1, 0.15) is 29.3 Å². The molecule has 2 rings (SSSR count). The van der Waals surface area contributed by atoms with Gasteiger partial charge in [-0.15, -0.1) is 0 Å². The topological polar surface area (TPSA) is 34.2 Å². The molecule has 0 unspecified atom stereocenters. The summed E-state index contributed by atoms with van der Waals surface area (Å²) in [6, 6.07) is 10.2. The Kier molecular flexibility index (Phi) is 4.74. The largest absolute Gasteiger partial charge is 0.439 e. The van der Waals surface area contributed by atoms with Gasteiger partial charge in [0.15, 0.2) is 0 Å². The van der Waals surface area contributed by atoms with E-state index in [1.807, 2.05) is 19.1 Å². The number of pyridine rings is 1. The van der Waals surface area contributed by atoms with Crippen LogP contribution in [-0.4, -0.2) is 11.5 Å². The average Bonchev–Trinajstić information content (AvgIpc) is 2.39. The Hall–Kier alpha value is -1.87. The lowest BCUT2D eigenvalue weighted by Crippen LogP contribution is -2.12. The molecule has 1 heterocycles. The molecular weight excluding hydrogens is 248 g/mol. The average molecular weight is 270 g/mol. The summed E-state index contributed by atoms with van der Waals surface area (Å²) in [7, 11) is 0. The summed E-state index contributed by atoms with van der Waals surface area (Å²) in [6.07, 6.45) is 0. The van der Waals surface area contributed by atoms with E-state index in [9.17, 15) is 0 Å². The van der Waals surface area contributed by atoms with Crippen LogP contribution in [0.3, 0.4) is 0 Å². The summed E-state index contributed by atoms with van der Waals surface area (Å²) in [6.45, 7) is 10.0. The lowest BCUT2D eigenvalue weighted by molar-refractivity contribution is 0.457. The third-order valence-corrected chi connectivity index (χ3v) is 3.11. The zero-order valence-corrected chi connectivity index (χ0v) is 12.7. The smallest absolute Gasteiger partial charge is 0.219 e. The van der Waals surface area contributed by atoms with E-state index in [4.69, 9.17) is 4.74 Å². The zero-order chi connectivity index (χ0) is 14.5. The predicted molar refractivity (Wildman–Crippen MR) is 82.3 cm³/mol. The van der Waals surface area contributed by atoms with Gasteiger partial charge in [0.1, 0.15) is 5.75 Å². The zero-order valence-electron chi connectivity index (χ0n) is 12.7. The fourth-order valence-electron chi connectivity index (χ4n) is 2.16. The van der Waals surface area contributed by atoms with Gasteiger partial charge in [-0.2, -0.15) is 0 Å². The summed E-state index contributed by atoms with van der Waals surface area (Å²) in [4.78, 5) is 4.45. The fraction of sp³-hybridized carbons (Fsp3) is 0.353. The highest BCUT2D eigenvalue weighted by atomic mass is 16.5. The van der Waals surface area contributed by atoms with Crippen molar-refractivity contribution in [3.63, 3.8) is 0 Å². The summed E-state index contributed by atoms with van der Waals surface area (Å²) in [5.74, 6) is 1.52. The first-order valence-electron chi connectivity index (χ1n) is 7.02. The SMILES string of the molecule is CCNCc1cc(C)nc(Oc2ccc(C)cc2C)c1. The maximum atomic E-state index is 5.93. The molecule has 20 heavy (non-hydrogen) atoms. The number of hydrogen-bond donors (Lipinski definition) is 1. The first-order chi connectivity index (χ1) is 9.58. The van der Waals surface area contributed by atoms with Crippen LogP contribution in [0, 0.1) is 20.8 Å². The molecule has 3 nitrogen and oxygen atoms in total. The van der Waals surface area contributed by atoms with E-state index in [0.29, 0.717) is 5.88 Å². The minimum atomic E-state index is 0.657. The van der Waals surface area contributed by atoms with Gasteiger partial charge in [-0.1, -0.05) is 24.6 Å². The Bertz CT molecular complexity index is 594. The van der Waals surface area contributed by atoms with Gasteiger partial charge in [-0.05, 0) is 50.6 Å². The van der Waals surface area contributed by atoms with Crippen LogP contribution in [-0.2, 0) is 6.54 Å². The van der Waals surface area contributed by atoms with Crippen LogP contribution >= 0.6 is 0 Å². The second kappa shape index (κ2) is 6.53. The van der Waals surface area contributed by atoms with Crippen molar-refractivity contribution in [2.75, 3.05) is 6.54 Å². The van der Waals surface area contributed by atoms with Crippen molar-refractivity contribution in [3.05, 3.63) is 52.7 Å². The molecule has 0 spiro atoms. The van der Waals surface area contributed by atoms with Crippen molar-refractivity contribution in [2.45, 2.75) is 34.2 Å². The molecule has 0 radical (unpaired) electrons. The maximum absolute atomic E-state index is 5.93. The van der Waals surface area contributed by atoms with Crippen molar-refractivity contribution in [1.82, 2.24) is 10.3 Å². The van der Waals surface area contributed by atoms with Crippen LogP contribution in [0.15, 0.2) is 30.3 Å². The molecule has 0 saturated carbocycles. The number of hydrogen-bond acceptors (Lipinski definition) is 3. The first kappa shape index (κ1) is 14.5. The van der Waals surface area contributed by atoms with Gasteiger partial charge in [0, 0.05) is 18.3 Å². The second-order valence-electron chi connectivity index (χ2n) is 5.11. The van der Waals surface area contributed by atoms with Gasteiger partial charge < -0.3 is 10.1 Å². The third-order valence-electron chi connectivity index (χ3n) is 3.11. The molecule has 0 fully saturated rings. The van der Waals surface area contributed by atoms with Crippen molar-refractivity contribution in [1.29, 1.82) is 0 Å². The monoisotopic (exact) mass is 270 g/mol. The quantitative estimate of drug-likeness (QED) is 0.894. The van der Waals surface area contributed by atoms with Crippen molar-refractivity contribution >= 4 is 0 Å². The highest BCUT2D eigenvalue weighted by molar-refractivity contribution is 5.38. The number of nitrogens with one attached hydrogen (secondary N) is 1. The van der Waals surface area contributed by atoms with Gasteiger partial charge in [0.05, 0.1) is 0 Å². The van der Waals surface area contributed by atoms with Crippen LogP contribution in [0.25, 0.3) is 0 Å². The third kappa shape index (κ3) is 3.81. The van der Waals surface area contributed by atoms with Gasteiger partial charge in [0.25, 0.3) is 0 Å². The Labute approximate surface area is 121 Å². The summed E-state index contributed by atoms with van der Waals surface area (Å²) < 4.78 is 5.93. The Morgan fingerprint density at radius 3 is 2.60 bits per heavy atom. The molecular formula is C17H22N2O. The number of nitrogens with zero attached hydrogens (tertiary/aromatic N) is 1. The van der Waals surface area contributed by atoms with Gasteiger partial charge >= 0.3 is 0 Å². The number of aryl methyl sites for hydroxylation is 3. The molecule has 0 atom stereocenters. The number of rotatable bonds is 5. The fourth-order valence-corrected chi connectivity index (χ4v) is 2.16. The minimum Gasteiger partial charge on any atom is -0.439 e. The van der Waals surface area contributed by atoms with Crippen LogP contribution in [0.4, 0.5) is 0 Å². The molecule has 0 saturated heterocycles. The molecule has 1 aromatic heterocycles. The molecule has 0 bridgehead atoms. The summed E-state index contributed by atoms with van der Waals surface area (Å²) >= 11 is 0. The van der Waals surface area contributed by atoms with E-state index in [0.717, 1.165) is 30.1 Å². The number of aromatic nitrogens is 1. The van der Waals surface area contributed by atoms with Crippen LogP contribution in [0.5, 0.6) is 11.6 Å². The van der Waals surface area contributed by atoms with Crippen molar-refractivity contribution < 1.29 is 4.74 Å². The molecule has 106 valence electrons. The van der Waals surface area contributed by atoms with Crippen molar-refractivity contribution in [2.24, 2.45) is 0 Å². The predicted octanol–water partition coefficient (Wildman–Crippen LogP) is 3.91. The molecule has 0 aliphatic carbocycles. The lowest BCUT2D eigenvalue weighted by atomic mass is 10.1. The number of benzene rings is 1.